The van der Waals surface area contributed by atoms with Gasteiger partial charge in [-0.3, -0.25) is 4.79 Å². The lowest BCUT2D eigenvalue weighted by Gasteiger charge is -2.33. The van der Waals surface area contributed by atoms with E-state index in [1.807, 2.05) is 55.8 Å². The van der Waals surface area contributed by atoms with Crippen LogP contribution in [0.3, 0.4) is 0 Å². The van der Waals surface area contributed by atoms with Crippen molar-refractivity contribution in [2.75, 3.05) is 5.32 Å². The van der Waals surface area contributed by atoms with Gasteiger partial charge < -0.3 is 5.32 Å². The molecule has 0 unspecified atom stereocenters. The Hall–Kier alpha value is -2.17. The standard InChI is InChI=1S/C18H24N4O.C2H6/c1-12-9-16(10-12)22-14(3)18(20-21-22)13(2)11-17(23)19-15-7-5-4-6-8-15;1-2/h4-8,12-13,16H,9-11H2,1-3H3,(H,19,23);1-2H3/t12?,13-,16?;/m0./s1. The number of benzene rings is 1. The van der Waals surface area contributed by atoms with E-state index in [-0.39, 0.29) is 11.8 Å². The first kappa shape index (κ1) is 19.2. The second-order valence-corrected chi connectivity index (χ2v) is 6.75. The average Bonchev–Trinajstić information content (AvgIpc) is 2.96. The predicted molar refractivity (Wildman–Crippen MR) is 102 cm³/mol. The van der Waals surface area contributed by atoms with Crippen molar-refractivity contribution in [3.8, 4) is 0 Å². The highest BCUT2D eigenvalue weighted by Gasteiger charge is 2.30. The van der Waals surface area contributed by atoms with E-state index in [9.17, 15) is 4.79 Å². The molecule has 1 aliphatic carbocycles. The minimum Gasteiger partial charge on any atom is -0.326 e. The maximum absolute atomic E-state index is 12.2. The monoisotopic (exact) mass is 342 g/mol. The van der Waals surface area contributed by atoms with E-state index in [1.165, 1.54) is 12.8 Å². The molecule has 3 rings (SSSR count). The summed E-state index contributed by atoms with van der Waals surface area (Å²) in [6, 6.07) is 10.0. The van der Waals surface area contributed by atoms with Gasteiger partial charge >= 0.3 is 0 Å². The Bertz CT molecular complexity index is 674. The number of rotatable bonds is 5. The number of nitrogens with zero attached hydrogens (tertiary/aromatic N) is 3. The van der Waals surface area contributed by atoms with Gasteiger partial charge in [0.15, 0.2) is 0 Å². The molecule has 1 amide bonds. The fourth-order valence-corrected chi connectivity index (χ4v) is 3.32. The van der Waals surface area contributed by atoms with Crippen LogP contribution in [-0.2, 0) is 4.79 Å². The second kappa shape index (κ2) is 8.79. The highest BCUT2D eigenvalue weighted by molar-refractivity contribution is 5.91. The smallest absolute Gasteiger partial charge is 0.225 e. The molecule has 0 saturated heterocycles. The Kier molecular flexibility index (Phi) is 6.73. The predicted octanol–water partition coefficient (Wildman–Crippen LogP) is 4.72. The minimum atomic E-state index is 0.00918. The van der Waals surface area contributed by atoms with Crippen LogP contribution in [0.1, 0.15) is 70.3 Å². The van der Waals surface area contributed by atoms with Gasteiger partial charge in [-0.25, -0.2) is 4.68 Å². The van der Waals surface area contributed by atoms with Crippen LogP contribution in [-0.4, -0.2) is 20.9 Å². The van der Waals surface area contributed by atoms with Crippen LogP contribution in [0.2, 0.25) is 0 Å². The number of aromatic nitrogens is 3. The molecule has 1 atom stereocenters. The van der Waals surface area contributed by atoms with Gasteiger partial charge in [0.05, 0.1) is 17.4 Å². The van der Waals surface area contributed by atoms with Crippen molar-refractivity contribution >= 4 is 11.6 Å². The number of carbonyl (C=O) groups is 1. The van der Waals surface area contributed by atoms with E-state index in [0.29, 0.717) is 12.5 Å². The fourth-order valence-electron chi connectivity index (χ4n) is 3.32. The van der Waals surface area contributed by atoms with E-state index in [0.717, 1.165) is 23.0 Å². The Morgan fingerprint density at radius 2 is 1.92 bits per heavy atom. The third-order valence-corrected chi connectivity index (χ3v) is 4.67. The molecule has 1 aromatic heterocycles. The van der Waals surface area contributed by atoms with Crippen molar-refractivity contribution in [3.63, 3.8) is 0 Å². The highest BCUT2D eigenvalue weighted by atomic mass is 16.1. The van der Waals surface area contributed by atoms with Gasteiger partial charge in [0.1, 0.15) is 0 Å². The first-order valence-corrected chi connectivity index (χ1v) is 9.31. The van der Waals surface area contributed by atoms with Crippen LogP contribution < -0.4 is 5.32 Å². The van der Waals surface area contributed by atoms with Gasteiger partial charge in [0.25, 0.3) is 0 Å². The Labute approximate surface area is 150 Å². The Balaban J connectivity index is 0.00000109. The Morgan fingerprint density at radius 3 is 2.52 bits per heavy atom. The van der Waals surface area contributed by atoms with Gasteiger partial charge in [0, 0.05) is 18.0 Å². The molecular formula is C20H30N4O. The van der Waals surface area contributed by atoms with Crippen LogP contribution in [0.25, 0.3) is 0 Å². The van der Waals surface area contributed by atoms with Crippen molar-refractivity contribution in [2.45, 2.75) is 65.8 Å². The molecule has 1 fully saturated rings. The number of hydrogen-bond donors (Lipinski definition) is 1. The number of hydrogen-bond acceptors (Lipinski definition) is 3. The van der Waals surface area contributed by atoms with Crippen LogP contribution in [0.5, 0.6) is 0 Å². The molecule has 5 heteroatoms. The summed E-state index contributed by atoms with van der Waals surface area (Å²) in [5.41, 5.74) is 2.86. The quantitative estimate of drug-likeness (QED) is 0.855. The molecule has 1 saturated carbocycles. The molecule has 0 bridgehead atoms. The minimum absolute atomic E-state index is 0.00918. The van der Waals surface area contributed by atoms with Crippen molar-refractivity contribution in [2.24, 2.45) is 5.92 Å². The average molecular weight is 342 g/mol. The van der Waals surface area contributed by atoms with Crippen LogP contribution in [0, 0.1) is 12.8 Å². The second-order valence-electron chi connectivity index (χ2n) is 6.75. The molecule has 0 aliphatic heterocycles. The topological polar surface area (TPSA) is 59.8 Å². The normalized spacial score (nSPS) is 20.0. The summed E-state index contributed by atoms with van der Waals surface area (Å²) in [6.45, 7) is 10.4. The lowest BCUT2D eigenvalue weighted by Crippen LogP contribution is -2.26. The largest absolute Gasteiger partial charge is 0.326 e. The molecule has 1 aliphatic rings. The van der Waals surface area contributed by atoms with Gasteiger partial charge in [-0.15, -0.1) is 5.10 Å². The number of para-hydroxylation sites is 1. The van der Waals surface area contributed by atoms with E-state index in [1.54, 1.807) is 0 Å². The number of anilines is 1. The number of nitrogens with one attached hydrogen (secondary N) is 1. The van der Waals surface area contributed by atoms with Crippen LogP contribution in [0.4, 0.5) is 5.69 Å². The van der Waals surface area contributed by atoms with Crippen LogP contribution in [0.15, 0.2) is 30.3 Å². The van der Waals surface area contributed by atoms with Gasteiger partial charge in [-0.05, 0) is 37.8 Å². The summed E-state index contributed by atoms with van der Waals surface area (Å²) in [7, 11) is 0. The van der Waals surface area contributed by atoms with Crippen molar-refractivity contribution in [1.82, 2.24) is 15.0 Å². The molecular weight excluding hydrogens is 312 g/mol. The van der Waals surface area contributed by atoms with Crippen molar-refractivity contribution < 1.29 is 4.79 Å². The zero-order valence-corrected chi connectivity index (χ0v) is 16.0. The molecule has 5 nitrogen and oxygen atoms in total. The van der Waals surface area contributed by atoms with Gasteiger partial charge in [-0.2, -0.15) is 0 Å². The molecule has 25 heavy (non-hydrogen) atoms. The highest BCUT2D eigenvalue weighted by Crippen LogP contribution is 2.38. The van der Waals surface area contributed by atoms with Gasteiger partial charge in [-0.1, -0.05) is 51.1 Å². The molecule has 0 radical (unpaired) electrons. The summed E-state index contributed by atoms with van der Waals surface area (Å²) in [4.78, 5) is 12.2. The summed E-state index contributed by atoms with van der Waals surface area (Å²) >= 11 is 0. The Morgan fingerprint density at radius 1 is 1.28 bits per heavy atom. The maximum atomic E-state index is 12.2. The zero-order chi connectivity index (χ0) is 18.4. The van der Waals surface area contributed by atoms with E-state index in [2.05, 4.69) is 29.5 Å². The van der Waals surface area contributed by atoms with Gasteiger partial charge in [0.2, 0.25) is 5.91 Å². The third-order valence-electron chi connectivity index (χ3n) is 4.67. The summed E-state index contributed by atoms with van der Waals surface area (Å²) in [5, 5.41) is 11.6. The lowest BCUT2D eigenvalue weighted by atomic mass is 9.82. The van der Waals surface area contributed by atoms with Crippen molar-refractivity contribution in [3.05, 3.63) is 41.7 Å². The van der Waals surface area contributed by atoms with E-state index < -0.39 is 0 Å². The maximum Gasteiger partial charge on any atom is 0.225 e. The fraction of sp³-hybridized carbons (Fsp3) is 0.550. The molecule has 2 aromatic rings. The molecule has 1 N–H and O–H groups in total. The summed E-state index contributed by atoms with van der Waals surface area (Å²) in [5.74, 6) is 0.848. The first-order valence-electron chi connectivity index (χ1n) is 9.31. The molecule has 0 spiro atoms. The third kappa shape index (κ3) is 4.68. The van der Waals surface area contributed by atoms with Crippen molar-refractivity contribution in [1.29, 1.82) is 0 Å². The van der Waals surface area contributed by atoms with E-state index >= 15 is 0 Å². The zero-order valence-electron chi connectivity index (χ0n) is 16.0. The van der Waals surface area contributed by atoms with E-state index in [4.69, 9.17) is 0 Å². The number of amides is 1. The molecule has 1 heterocycles. The SMILES string of the molecule is CC.Cc1c([C@@H](C)CC(=O)Nc2ccccc2)nnn1C1CC(C)C1. The first-order chi connectivity index (χ1) is 12.0. The summed E-state index contributed by atoms with van der Waals surface area (Å²) < 4.78 is 2.04. The molecule has 136 valence electrons. The lowest BCUT2D eigenvalue weighted by molar-refractivity contribution is -0.116. The van der Waals surface area contributed by atoms with Crippen LogP contribution >= 0.6 is 0 Å². The molecule has 1 aromatic carbocycles. The number of carbonyl (C=O) groups excluding carboxylic acids is 1. The summed E-state index contributed by atoms with van der Waals surface area (Å²) in [6.07, 6.45) is 2.76.